The van der Waals surface area contributed by atoms with Gasteiger partial charge in [-0.1, -0.05) is 19.3 Å². The van der Waals surface area contributed by atoms with Gasteiger partial charge in [-0.25, -0.2) is 0 Å². The number of nitrogens with zero attached hydrogens (tertiary/aromatic N) is 1. The normalized spacial score (nSPS) is 36.7. The first-order valence-corrected chi connectivity index (χ1v) is 8.23. The maximum absolute atomic E-state index is 13.3. The van der Waals surface area contributed by atoms with Crippen LogP contribution in [0.3, 0.4) is 0 Å². The van der Waals surface area contributed by atoms with Gasteiger partial charge in [-0.3, -0.25) is 9.59 Å². The highest BCUT2D eigenvalue weighted by Gasteiger charge is 2.52. The van der Waals surface area contributed by atoms with Crippen LogP contribution in [0.4, 0.5) is 0 Å². The second-order valence-electron chi connectivity index (χ2n) is 7.02. The smallest absolute Gasteiger partial charge is 0.248 e. The van der Waals surface area contributed by atoms with Crippen LogP contribution in [-0.2, 0) is 14.3 Å². The minimum Gasteiger partial charge on any atom is -0.376 e. The molecule has 2 amide bonds. The molecule has 118 valence electrons. The van der Waals surface area contributed by atoms with Gasteiger partial charge in [0.15, 0.2) is 0 Å². The van der Waals surface area contributed by atoms with E-state index in [-0.39, 0.29) is 23.5 Å². The van der Waals surface area contributed by atoms with Gasteiger partial charge in [-0.2, -0.15) is 0 Å². The molecule has 2 heterocycles. The van der Waals surface area contributed by atoms with Crippen LogP contribution in [0.2, 0.25) is 0 Å². The lowest BCUT2D eigenvalue weighted by molar-refractivity contribution is -0.147. The van der Waals surface area contributed by atoms with E-state index in [1.165, 1.54) is 0 Å². The van der Waals surface area contributed by atoms with E-state index >= 15 is 0 Å². The second-order valence-corrected chi connectivity index (χ2v) is 7.02. The van der Waals surface area contributed by atoms with E-state index in [1.807, 2.05) is 11.8 Å². The Hall–Kier alpha value is -1.10. The SMILES string of the molecule is CC1OCCC1(C)N1CCC(=O)NC2(CCCCC2)C1=O. The molecule has 1 saturated carbocycles. The van der Waals surface area contributed by atoms with Crippen molar-refractivity contribution in [1.29, 1.82) is 0 Å². The zero-order chi connectivity index (χ0) is 15.1. The predicted molar refractivity (Wildman–Crippen MR) is 78.7 cm³/mol. The van der Waals surface area contributed by atoms with Gasteiger partial charge in [-0.05, 0) is 33.1 Å². The number of amides is 2. The highest BCUT2D eigenvalue weighted by Crippen LogP contribution is 2.38. The van der Waals surface area contributed by atoms with E-state index in [9.17, 15) is 9.59 Å². The van der Waals surface area contributed by atoms with Crippen molar-refractivity contribution in [3.05, 3.63) is 0 Å². The van der Waals surface area contributed by atoms with Gasteiger partial charge in [0.25, 0.3) is 0 Å². The number of rotatable bonds is 1. The molecule has 3 aliphatic rings. The Bertz CT molecular complexity index is 445. The fourth-order valence-electron chi connectivity index (χ4n) is 4.12. The lowest BCUT2D eigenvalue weighted by atomic mass is 9.79. The topological polar surface area (TPSA) is 58.6 Å². The standard InChI is InChI=1S/C16H26N2O3/c1-12-15(2,9-11-21-12)18-10-6-13(19)17-16(14(18)20)7-4-3-5-8-16/h12H,3-11H2,1-2H3,(H,17,19). The molecule has 1 spiro atoms. The molecule has 1 N–H and O–H groups in total. The fourth-order valence-corrected chi connectivity index (χ4v) is 4.12. The summed E-state index contributed by atoms with van der Waals surface area (Å²) in [5, 5.41) is 3.06. The molecule has 5 nitrogen and oxygen atoms in total. The molecule has 3 rings (SSSR count). The summed E-state index contributed by atoms with van der Waals surface area (Å²) in [6, 6.07) is 0. The molecular formula is C16H26N2O3. The Balaban J connectivity index is 1.93. The van der Waals surface area contributed by atoms with Gasteiger partial charge in [0.2, 0.25) is 11.8 Å². The number of hydrogen-bond acceptors (Lipinski definition) is 3. The van der Waals surface area contributed by atoms with Gasteiger partial charge in [0.05, 0.1) is 11.6 Å². The summed E-state index contributed by atoms with van der Waals surface area (Å²) >= 11 is 0. The number of carbonyl (C=O) groups excluding carboxylic acids is 2. The van der Waals surface area contributed by atoms with E-state index in [4.69, 9.17) is 4.74 Å². The highest BCUT2D eigenvalue weighted by atomic mass is 16.5. The lowest BCUT2D eigenvalue weighted by Crippen LogP contribution is -2.63. The maximum Gasteiger partial charge on any atom is 0.248 e. The molecule has 21 heavy (non-hydrogen) atoms. The van der Waals surface area contributed by atoms with Crippen LogP contribution >= 0.6 is 0 Å². The number of carbonyl (C=O) groups is 2. The van der Waals surface area contributed by atoms with E-state index in [0.29, 0.717) is 19.6 Å². The minimum atomic E-state index is -0.656. The van der Waals surface area contributed by atoms with Crippen LogP contribution in [0.25, 0.3) is 0 Å². The molecule has 2 atom stereocenters. The third kappa shape index (κ3) is 2.35. The minimum absolute atomic E-state index is 0.0166. The third-order valence-electron chi connectivity index (χ3n) is 5.77. The maximum atomic E-state index is 13.3. The monoisotopic (exact) mass is 294 g/mol. The van der Waals surface area contributed by atoms with Crippen molar-refractivity contribution < 1.29 is 14.3 Å². The van der Waals surface area contributed by atoms with Crippen molar-refractivity contribution >= 4 is 11.8 Å². The first-order chi connectivity index (χ1) is 9.98. The quantitative estimate of drug-likeness (QED) is 0.799. The average molecular weight is 294 g/mol. The summed E-state index contributed by atoms with van der Waals surface area (Å²) in [5.41, 5.74) is -0.940. The Labute approximate surface area is 126 Å². The van der Waals surface area contributed by atoms with Crippen LogP contribution in [-0.4, -0.2) is 47.0 Å². The lowest BCUT2D eigenvalue weighted by Gasteiger charge is -2.45. The van der Waals surface area contributed by atoms with Gasteiger partial charge < -0.3 is 15.0 Å². The van der Waals surface area contributed by atoms with Crippen LogP contribution in [0.15, 0.2) is 0 Å². The molecule has 0 aromatic heterocycles. The molecule has 0 aromatic carbocycles. The summed E-state index contributed by atoms with van der Waals surface area (Å²) in [6.07, 6.45) is 6.02. The molecule has 5 heteroatoms. The van der Waals surface area contributed by atoms with Crippen molar-refractivity contribution in [2.45, 2.75) is 76.0 Å². The molecule has 0 aromatic rings. The van der Waals surface area contributed by atoms with E-state index < -0.39 is 5.54 Å². The Morgan fingerprint density at radius 3 is 2.52 bits per heavy atom. The van der Waals surface area contributed by atoms with Gasteiger partial charge in [-0.15, -0.1) is 0 Å². The van der Waals surface area contributed by atoms with Crippen molar-refractivity contribution in [3.8, 4) is 0 Å². The van der Waals surface area contributed by atoms with Crippen LogP contribution in [0.1, 0.15) is 58.8 Å². The molecule has 2 aliphatic heterocycles. The molecule has 3 fully saturated rings. The largest absolute Gasteiger partial charge is 0.376 e. The highest BCUT2D eigenvalue weighted by molar-refractivity contribution is 5.94. The summed E-state index contributed by atoms with van der Waals surface area (Å²) in [7, 11) is 0. The number of hydrogen-bond donors (Lipinski definition) is 1. The van der Waals surface area contributed by atoms with Crippen molar-refractivity contribution in [1.82, 2.24) is 10.2 Å². The number of ether oxygens (including phenoxy) is 1. The van der Waals surface area contributed by atoms with Gasteiger partial charge in [0.1, 0.15) is 5.54 Å². The zero-order valence-corrected chi connectivity index (χ0v) is 13.1. The summed E-state index contributed by atoms with van der Waals surface area (Å²) < 4.78 is 5.71. The Morgan fingerprint density at radius 2 is 1.90 bits per heavy atom. The first kappa shape index (κ1) is 14.8. The first-order valence-electron chi connectivity index (χ1n) is 8.23. The van der Waals surface area contributed by atoms with Crippen molar-refractivity contribution in [2.75, 3.05) is 13.2 Å². The molecule has 0 radical (unpaired) electrons. The van der Waals surface area contributed by atoms with Gasteiger partial charge in [0, 0.05) is 19.6 Å². The van der Waals surface area contributed by atoms with E-state index in [1.54, 1.807) is 0 Å². The molecule has 1 aliphatic carbocycles. The predicted octanol–water partition coefficient (Wildman–Crippen LogP) is 1.61. The van der Waals surface area contributed by atoms with Gasteiger partial charge >= 0.3 is 0 Å². The van der Waals surface area contributed by atoms with E-state index in [2.05, 4.69) is 12.2 Å². The third-order valence-corrected chi connectivity index (χ3v) is 5.77. The summed E-state index contributed by atoms with van der Waals surface area (Å²) in [5.74, 6) is 0.135. The van der Waals surface area contributed by atoms with E-state index in [0.717, 1.165) is 38.5 Å². The van der Waals surface area contributed by atoms with Crippen LogP contribution < -0.4 is 5.32 Å². The summed E-state index contributed by atoms with van der Waals surface area (Å²) in [6.45, 7) is 5.34. The Kier molecular flexibility index (Phi) is 3.72. The fraction of sp³-hybridized carbons (Fsp3) is 0.875. The van der Waals surface area contributed by atoms with Crippen molar-refractivity contribution in [3.63, 3.8) is 0 Å². The zero-order valence-electron chi connectivity index (χ0n) is 13.1. The Morgan fingerprint density at radius 1 is 1.19 bits per heavy atom. The molecule has 0 bridgehead atoms. The second kappa shape index (κ2) is 5.27. The molecule has 2 unspecified atom stereocenters. The summed E-state index contributed by atoms with van der Waals surface area (Å²) in [4.78, 5) is 27.3. The van der Waals surface area contributed by atoms with Crippen LogP contribution in [0, 0.1) is 0 Å². The molecular weight excluding hydrogens is 268 g/mol. The number of nitrogens with one attached hydrogen (secondary N) is 1. The average Bonchev–Trinajstić information content (AvgIpc) is 2.74. The van der Waals surface area contributed by atoms with Crippen molar-refractivity contribution in [2.24, 2.45) is 0 Å². The molecule has 2 saturated heterocycles. The van der Waals surface area contributed by atoms with Crippen LogP contribution in [0.5, 0.6) is 0 Å².